The van der Waals surface area contributed by atoms with Gasteiger partial charge >= 0.3 is 0 Å². The summed E-state index contributed by atoms with van der Waals surface area (Å²) >= 11 is 0. The molecule has 2 unspecified atom stereocenters. The van der Waals surface area contributed by atoms with Crippen LogP contribution in [0.25, 0.3) is 11.3 Å². The molecule has 0 spiro atoms. The monoisotopic (exact) mass is 366 g/mol. The van der Waals surface area contributed by atoms with Crippen LogP contribution in [-0.2, 0) is 11.2 Å². The van der Waals surface area contributed by atoms with Crippen LogP contribution in [0.4, 0.5) is 0 Å². The van der Waals surface area contributed by atoms with Crippen LogP contribution in [0.3, 0.4) is 0 Å². The molecule has 2 aromatic rings. The lowest BCUT2D eigenvalue weighted by Gasteiger charge is -2.29. The van der Waals surface area contributed by atoms with Gasteiger partial charge in [0, 0.05) is 30.9 Å². The maximum Gasteiger partial charge on any atom is 0.224 e. The van der Waals surface area contributed by atoms with Crippen molar-refractivity contribution in [3.63, 3.8) is 0 Å². The highest BCUT2D eigenvalue weighted by Crippen LogP contribution is 2.38. The summed E-state index contributed by atoms with van der Waals surface area (Å²) in [5.41, 5.74) is 4.13. The number of nitrogens with one attached hydrogen (secondary N) is 1. The van der Waals surface area contributed by atoms with Crippen molar-refractivity contribution in [2.24, 2.45) is 5.92 Å². The topological polar surface area (TPSA) is 67.4 Å². The van der Waals surface area contributed by atoms with Gasteiger partial charge in [-0.25, -0.2) is 0 Å². The Balaban J connectivity index is 1.43. The Morgan fingerprint density at radius 2 is 2.26 bits per heavy atom. The standard InChI is InChI=1S/C21H26N4O2/c1-14-8-16-10-17(11-24-21(26)15-4-3-7-25(2)13-15)27-20(16)18(9-14)19-12-22-5-6-23-19/h5-6,8-9,12,15,17H,3-4,7,10-11,13H2,1-2H3,(H,24,26). The van der Waals surface area contributed by atoms with Gasteiger partial charge in [0.05, 0.1) is 24.4 Å². The van der Waals surface area contributed by atoms with E-state index in [1.165, 1.54) is 11.1 Å². The fourth-order valence-electron chi connectivity index (χ4n) is 4.07. The van der Waals surface area contributed by atoms with E-state index in [4.69, 9.17) is 4.74 Å². The first-order chi connectivity index (χ1) is 13.1. The molecule has 27 heavy (non-hydrogen) atoms. The van der Waals surface area contributed by atoms with Gasteiger partial charge in [0.1, 0.15) is 11.9 Å². The molecule has 0 saturated carbocycles. The molecule has 2 aliphatic heterocycles. The van der Waals surface area contributed by atoms with E-state index in [1.807, 2.05) is 0 Å². The first-order valence-electron chi connectivity index (χ1n) is 9.63. The van der Waals surface area contributed by atoms with Gasteiger partial charge in [-0.15, -0.1) is 0 Å². The second-order valence-electron chi connectivity index (χ2n) is 7.68. The number of amides is 1. The predicted molar refractivity (Wildman–Crippen MR) is 104 cm³/mol. The van der Waals surface area contributed by atoms with Gasteiger partial charge < -0.3 is 15.0 Å². The number of benzene rings is 1. The van der Waals surface area contributed by atoms with Crippen molar-refractivity contribution in [3.8, 4) is 17.0 Å². The van der Waals surface area contributed by atoms with Crippen LogP contribution >= 0.6 is 0 Å². The quantitative estimate of drug-likeness (QED) is 0.899. The maximum absolute atomic E-state index is 12.5. The van der Waals surface area contributed by atoms with Gasteiger partial charge in [-0.05, 0) is 50.6 Å². The van der Waals surface area contributed by atoms with Crippen LogP contribution in [0, 0.1) is 12.8 Å². The smallest absolute Gasteiger partial charge is 0.224 e. The van der Waals surface area contributed by atoms with Gasteiger partial charge in [-0.2, -0.15) is 0 Å². The zero-order chi connectivity index (χ0) is 18.8. The highest BCUT2D eigenvalue weighted by atomic mass is 16.5. The summed E-state index contributed by atoms with van der Waals surface area (Å²) in [7, 11) is 2.08. The van der Waals surface area contributed by atoms with E-state index in [2.05, 4.69) is 46.3 Å². The zero-order valence-corrected chi connectivity index (χ0v) is 15.9. The van der Waals surface area contributed by atoms with E-state index in [-0.39, 0.29) is 17.9 Å². The molecule has 1 aromatic heterocycles. The molecule has 142 valence electrons. The molecule has 0 radical (unpaired) electrons. The third-order valence-electron chi connectivity index (χ3n) is 5.38. The normalized spacial score (nSPS) is 22.1. The molecule has 6 nitrogen and oxygen atoms in total. The number of rotatable bonds is 4. The molecule has 1 amide bonds. The van der Waals surface area contributed by atoms with E-state index in [1.54, 1.807) is 18.6 Å². The van der Waals surface area contributed by atoms with Crippen molar-refractivity contribution in [3.05, 3.63) is 41.9 Å². The van der Waals surface area contributed by atoms with Crippen LogP contribution in [0.1, 0.15) is 24.0 Å². The predicted octanol–water partition coefficient (Wildman–Crippen LogP) is 2.21. The molecule has 1 fully saturated rings. The Morgan fingerprint density at radius 3 is 3.04 bits per heavy atom. The SMILES string of the molecule is Cc1cc2c(c(-c3cnccn3)c1)OC(CNC(=O)C1CCCN(C)C1)C2. The lowest BCUT2D eigenvalue weighted by atomic mass is 9.97. The Hall–Kier alpha value is -2.47. The number of aromatic nitrogens is 2. The molecule has 0 aliphatic carbocycles. The van der Waals surface area contributed by atoms with E-state index in [0.29, 0.717) is 6.54 Å². The third kappa shape index (κ3) is 3.95. The van der Waals surface area contributed by atoms with Crippen molar-refractivity contribution in [2.75, 3.05) is 26.7 Å². The summed E-state index contributed by atoms with van der Waals surface area (Å²) in [5, 5.41) is 3.10. The lowest BCUT2D eigenvalue weighted by molar-refractivity contribution is -0.126. The molecule has 1 aromatic carbocycles. The maximum atomic E-state index is 12.5. The fraction of sp³-hybridized carbons (Fsp3) is 0.476. The average Bonchev–Trinajstić information content (AvgIpc) is 3.09. The van der Waals surface area contributed by atoms with Crippen LogP contribution in [0.15, 0.2) is 30.7 Å². The molecule has 2 atom stereocenters. The number of aryl methyl sites for hydroxylation is 1. The summed E-state index contributed by atoms with van der Waals surface area (Å²) in [6, 6.07) is 4.24. The molecule has 3 heterocycles. The molecule has 1 saturated heterocycles. The minimum atomic E-state index is -0.0394. The molecule has 1 N–H and O–H groups in total. The van der Waals surface area contributed by atoms with Gasteiger partial charge in [0.15, 0.2) is 0 Å². The number of piperidine rings is 1. The van der Waals surface area contributed by atoms with E-state index in [0.717, 1.165) is 49.4 Å². The minimum absolute atomic E-state index is 0.0394. The number of ether oxygens (including phenoxy) is 1. The van der Waals surface area contributed by atoms with Gasteiger partial charge in [0.25, 0.3) is 0 Å². The van der Waals surface area contributed by atoms with Crippen LogP contribution in [0.5, 0.6) is 5.75 Å². The largest absolute Gasteiger partial charge is 0.487 e. The van der Waals surface area contributed by atoms with Crippen LogP contribution < -0.4 is 10.1 Å². The Morgan fingerprint density at radius 1 is 1.37 bits per heavy atom. The summed E-state index contributed by atoms with van der Waals surface area (Å²) in [5.74, 6) is 1.11. The first-order valence-corrected chi connectivity index (χ1v) is 9.63. The summed E-state index contributed by atoms with van der Waals surface area (Å²) in [6.45, 7) is 4.53. The minimum Gasteiger partial charge on any atom is -0.487 e. The van der Waals surface area contributed by atoms with Crippen molar-refractivity contribution >= 4 is 5.91 Å². The summed E-state index contributed by atoms with van der Waals surface area (Å²) in [4.78, 5) is 23.3. The second-order valence-corrected chi connectivity index (χ2v) is 7.68. The van der Waals surface area contributed by atoms with Crippen molar-refractivity contribution < 1.29 is 9.53 Å². The van der Waals surface area contributed by atoms with Gasteiger partial charge in [-0.3, -0.25) is 14.8 Å². The van der Waals surface area contributed by atoms with Crippen molar-refractivity contribution in [1.29, 1.82) is 0 Å². The number of fused-ring (bicyclic) bond motifs is 1. The van der Waals surface area contributed by atoms with Gasteiger partial charge in [-0.1, -0.05) is 6.07 Å². The molecule has 4 rings (SSSR count). The molecule has 2 aliphatic rings. The number of hydrogen-bond acceptors (Lipinski definition) is 5. The highest BCUT2D eigenvalue weighted by molar-refractivity contribution is 5.79. The zero-order valence-electron chi connectivity index (χ0n) is 15.9. The van der Waals surface area contributed by atoms with E-state index < -0.39 is 0 Å². The molecule has 6 heteroatoms. The molecular weight excluding hydrogens is 340 g/mol. The number of carbonyl (C=O) groups is 1. The number of hydrogen-bond donors (Lipinski definition) is 1. The first kappa shape index (κ1) is 17.9. The highest BCUT2D eigenvalue weighted by Gasteiger charge is 2.29. The summed E-state index contributed by atoms with van der Waals surface area (Å²) < 4.78 is 6.21. The Labute approximate surface area is 160 Å². The number of likely N-dealkylation sites (tertiary alicyclic amines) is 1. The van der Waals surface area contributed by atoms with Crippen molar-refractivity contribution in [1.82, 2.24) is 20.2 Å². The third-order valence-corrected chi connectivity index (χ3v) is 5.38. The van der Waals surface area contributed by atoms with Crippen LogP contribution in [0.2, 0.25) is 0 Å². The Bertz CT molecular complexity index is 824. The van der Waals surface area contributed by atoms with E-state index >= 15 is 0 Å². The lowest BCUT2D eigenvalue weighted by Crippen LogP contribution is -2.44. The number of carbonyl (C=O) groups excluding carboxylic acids is 1. The second kappa shape index (κ2) is 7.64. The average molecular weight is 366 g/mol. The summed E-state index contributed by atoms with van der Waals surface area (Å²) in [6.07, 6.45) is 7.93. The van der Waals surface area contributed by atoms with Gasteiger partial charge in [0.2, 0.25) is 5.91 Å². The van der Waals surface area contributed by atoms with Crippen molar-refractivity contribution in [2.45, 2.75) is 32.3 Å². The number of nitrogens with zero attached hydrogens (tertiary/aromatic N) is 3. The van der Waals surface area contributed by atoms with E-state index in [9.17, 15) is 4.79 Å². The Kier molecular flexibility index (Phi) is 5.07. The van der Waals surface area contributed by atoms with Crippen LogP contribution in [-0.4, -0.2) is 53.6 Å². The molecule has 0 bridgehead atoms. The fourth-order valence-corrected chi connectivity index (χ4v) is 4.07. The molecular formula is C21H26N4O2.